The molecule has 4 nitrogen and oxygen atoms in total. The monoisotopic (exact) mass is 347 g/mol. The van der Waals surface area contributed by atoms with Crippen LogP contribution in [0.3, 0.4) is 0 Å². The molecule has 1 aliphatic heterocycles. The first kappa shape index (κ1) is 17.2. The third kappa shape index (κ3) is 4.69. The van der Waals surface area contributed by atoms with Crippen molar-refractivity contribution in [1.82, 2.24) is 5.32 Å². The minimum absolute atomic E-state index is 0.0892. The number of carbonyl (C=O) groups is 1. The number of ether oxygens (including phenoxy) is 2. The molecule has 1 aromatic rings. The van der Waals surface area contributed by atoms with Crippen molar-refractivity contribution < 1.29 is 14.3 Å². The summed E-state index contributed by atoms with van der Waals surface area (Å²) in [6.07, 6.45) is 8.29. The molecule has 0 fully saturated rings. The topological polar surface area (TPSA) is 47.6 Å². The van der Waals surface area contributed by atoms with E-state index in [0.29, 0.717) is 13.2 Å². The minimum atomic E-state index is -0.132. The highest BCUT2D eigenvalue weighted by molar-refractivity contribution is 8.00. The second kappa shape index (κ2) is 8.47. The van der Waals surface area contributed by atoms with Crippen molar-refractivity contribution in [2.45, 2.75) is 49.2 Å². The van der Waals surface area contributed by atoms with Gasteiger partial charge < -0.3 is 14.8 Å². The van der Waals surface area contributed by atoms with E-state index in [1.54, 1.807) is 11.8 Å². The number of nitrogens with one attached hydrogen (secondary N) is 1. The van der Waals surface area contributed by atoms with Crippen LogP contribution < -0.4 is 14.8 Å². The molecule has 1 atom stereocenters. The lowest BCUT2D eigenvalue weighted by molar-refractivity contribution is -0.120. The first-order valence-corrected chi connectivity index (χ1v) is 9.62. The van der Waals surface area contributed by atoms with Gasteiger partial charge in [-0.2, -0.15) is 0 Å². The summed E-state index contributed by atoms with van der Waals surface area (Å²) < 4.78 is 11.1. The van der Waals surface area contributed by atoms with Crippen molar-refractivity contribution in [3.05, 3.63) is 29.8 Å². The van der Waals surface area contributed by atoms with Gasteiger partial charge in [-0.1, -0.05) is 11.6 Å². The number of hydrogen-bond donors (Lipinski definition) is 1. The zero-order chi connectivity index (χ0) is 16.8. The fourth-order valence-electron chi connectivity index (χ4n) is 2.98. The number of hydrogen-bond acceptors (Lipinski definition) is 4. The second-order valence-corrected chi connectivity index (χ2v) is 7.63. The number of benzene rings is 1. The fraction of sp³-hybridized carbons (Fsp3) is 0.526. The molecule has 2 aliphatic rings. The van der Waals surface area contributed by atoms with E-state index in [1.807, 2.05) is 25.1 Å². The lowest BCUT2D eigenvalue weighted by Gasteiger charge is -2.19. The maximum Gasteiger partial charge on any atom is 0.233 e. The maximum absolute atomic E-state index is 12.3. The van der Waals surface area contributed by atoms with Gasteiger partial charge in [-0.3, -0.25) is 4.79 Å². The molecule has 0 bridgehead atoms. The first-order chi connectivity index (χ1) is 11.7. The van der Waals surface area contributed by atoms with Crippen LogP contribution >= 0.6 is 11.8 Å². The molecule has 130 valence electrons. The molecule has 3 rings (SSSR count). The van der Waals surface area contributed by atoms with E-state index in [4.69, 9.17) is 9.47 Å². The van der Waals surface area contributed by atoms with Crippen LogP contribution in [-0.4, -0.2) is 30.9 Å². The van der Waals surface area contributed by atoms with Gasteiger partial charge in [-0.25, -0.2) is 0 Å². The summed E-state index contributed by atoms with van der Waals surface area (Å²) in [6, 6.07) is 5.85. The van der Waals surface area contributed by atoms with Gasteiger partial charge in [-0.15, -0.1) is 11.8 Å². The van der Waals surface area contributed by atoms with Crippen molar-refractivity contribution in [3.8, 4) is 11.5 Å². The van der Waals surface area contributed by atoms with Crippen LogP contribution in [0.25, 0.3) is 0 Å². The summed E-state index contributed by atoms with van der Waals surface area (Å²) in [5, 5.41) is 2.92. The third-order valence-electron chi connectivity index (χ3n) is 4.33. The van der Waals surface area contributed by atoms with Crippen molar-refractivity contribution in [3.63, 3.8) is 0 Å². The molecule has 0 saturated carbocycles. The molecule has 0 radical (unpaired) electrons. The molecule has 1 N–H and O–H groups in total. The predicted molar refractivity (Wildman–Crippen MR) is 96.9 cm³/mol. The molecule has 1 aromatic carbocycles. The van der Waals surface area contributed by atoms with Gasteiger partial charge in [-0.05, 0) is 57.2 Å². The second-order valence-electron chi connectivity index (χ2n) is 6.21. The van der Waals surface area contributed by atoms with Crippen molar-refractivity contribution >= 4 is 17.7 Å². The largest absolute Gasteiger partial charge is 0.486 e. The summed E-state index contributed by atoms with van der Waals surface area (Å²) in [4.78, 5) is 13.3. The van der Waals surface area contributed by atoms with Crippen molar-refractivity contribution in [2.24, 2.45) is 0 Å². The number of carbonyl (C=O) groups excluding carboxylic acids is 1. The normalized spacial score (nSPS) is 17.8. The minimum Gasteiger partial charge on any atom is -0.486 e. The highest BCUT2D eigenvalue weighted by atomic mass is 32.2. The van der Waals surface area contributed by atoms with Crippen LogP contribution in [0.4, 0.5) is 0 Å². The van der Waals surface area contributed by atoms with Gasteiger partial charge in [0.05, 0.1) is 5.25 Å². The molecule has 0 spiro atoms. The number of amides is 1. The summed E-state index contributed by atoms with van der Waals surface area (Å²) >= 11 is 1.55. The maximum atomic E-state index is 12.3. The van der Waals surface area contributed by atoms with Crippen LogP contribution in [0.2, 0.25) is 0 Å². The Kier molecular flexibility index (Phi) is 6.07. The Bertz CT molecular complexity index is 615. The molecule has 24 heavy (non-hydrogen) atoms. The third-order valence-corrected chi connectivity index (χ3v) is 5.42. The molecule has 1 amide bonds. The average molecular weight is 347 g/mol. The Morgan fingerprint density at radius 3 is 2.88 bits per heavy atom. The standard InChI is InChI=1S/C19H25NO3S/c1-14(19(21)20-10-9-15-5-3-2-4-6-15)24-16-7-8-17-18(13-16)23-12-11-22-17/h5,7-8,13-14H,2-4,6,9-12H2,1H3,(H,20,21). The van der Waals surface area contributed by atoms with E-state index in [-0.39, 0.29) is 11.2 Å². The van der Waals surface area contributed by atoms with Gasteiger partial charge in [0.2, 0.25) is 5.91 Å². The van der Waals surface area contributed by atoms with Crippen molar-refractivity contribution in [1.29, 1.82) is 0 Å². The summed E-state index contributed by atoms with van der Waals surface area (Å²) in [5.74, 6) is 1.64. The van der Waals surface area contributed by atoms with Gasteiger partial charge in [0.15, 0.2) is 11.5 Å². The number of allylic oxidation sites excluding steroid dienone is 1. The quantitative estimate of drug-likeness (QED) is 0.625. The highest BCUT2D eigenvalue weighted by Crippen LogP contribution is 2.35. The first-order valence-electron chi connectivity index (χ1n) is 8.74. The smallest absolute Gasteiger partial charge is 0.233 e. The SMILES string of the molecule is CC(Sc1ccc2c(c1)OCCO2)C(=O)NCCC1=CCCCC1. The van der Waals surface area contributed by atoms with Gasteiger partial charge in [0, 0.05) is 11.4 Å². The summed E-state index contributed by atoms with van der Waals surface area (Å²) in [5.41, 5.74) is 1.49. The van der Waals surface area contributed by atoms with E-state index in [1.165, 1.54) is 31.3 Å². The number of fused-ring (bicyclic) bond motifs is 1. The molecule has 1 heterocycles. The zero-order valence-corrected chi connectivity index (χ0v) is 15.0. The van der Waals surface area contributed by atoms with Crippen LogP contribution in [0, 0.1) is 0 Å². The molecule has 1 aliphatic carbocycles. The van der Waals surface area contributed by atoms with E-state index in [2.05, 4.69) is 11.4 Å². The van der Waals surface area contributed by atoms with Crippen LogP contribution in [-0.2, 0) is 4.79 Å². The Balaban J connectivity index is 1.46. The van der Waals surface area contributed by atoms with E-state index in [0.717, 1.165) is 29.4 Å². The van der Waals surface area contributed by atoms with Crippen LogP contribution in [0.5, 0.6) is 11.5 Å². The van der Waals surface area contributed by atoms with Gasteiger partial charge >= 0.3 is 0 Å². The van der Waals surface area contributed by atoms with Gasteiger partial charge in [0.1, 0.15) is 13.2 Å². The van der Waals surface area contributed by atoms with Crippen molar-refractivity contribution in [2.75, 3.05) is 19.8 Å². The Labute approximate surface area is 148 Å². The number of rotatable bonds is 6. The summed E-state index contributed by atoms with van der Waals surface area (Å²) in [6.45, 7) is 3.84. The molecular formula is C19H25NO3S. The summed E-state index contributed by atoms with van der Waals surface area (Å²) in [7, 11) is 0. The molecule has 5 heteroatoms. The Morgan fingerprint density at radius 1 is 1.25 bits per heavy atom. The van der Waals surface area contributed by atoms with Crippen LogP contribution in [0.1, 0.15) is 39.0 Å². The Hall–Kier alpha value is -1.62. The van der Waals surface area contributed by atoms with E-state index < -0.39 is 0 Å². The lowest BCUT2D eigenvalue weighted by Crippen LogP contribution is -2.31. The van der Waals surface area contributed by atoms with E-state index in [9.17, 15) is 4.79 Å². The molecule has 0 saturated heterocycles. The van der Waals surface area contributed by atoms with E-state index >= 15 is 0 Å². The Morgan fingerprint density at radius 2 is 2.08 bits per heavy atom. The molecule has 1 unspecified atom stereocenters. The average Bonchev–Trinajstić information content (AvgIpc) is 2.62. The highest BCUT2D eigenvalue weighted by Gasteiger charge is 2.17. The lowest BCUT2D eigenvalue weighted by atomic mass is 9.97. The number of thioether (sulfide) groups is 1. The zero-order valence-electron chi connectivity index (χ0n) is 14.2. The molecule has 0 aromatic heterocycles. The molecular weight excluding hydrogens is 322 g/mol. The van der Waals surface area contributed by atoms with Gasteiger partial charge in [0.25, 0.3) is 0 Å². The van der Waals surface area contributed by atoms with Crippen LogP contribution in [0.15, 0.2) is 34.7 Å². The predicted octanol–water partition coefficient (Wildman–Crippen LogP) is 3.95. The fourth-order valence-corrected chi connectivity index (χ4v) is 3.90.